The third kappa shape index (κ3) is 2.83. The van der Waals surface area contributed by atoms with Crippen molar-refractivity contribution >= 4 is 21.6 Å². The standard InChI is InChI=1S/C13H17ClFNO3S/c1-8-5-13(11(14)6-12(8)15)20(18,19)16-4-3-10(7-16)9(2)17/h5-6,9-10,17H,3-4,7H2,1-2H3. The SMILES string of the molecule is Cc1cc(S(=O)(=O)N2CCC(C(C)O)C2)c(Cl)cc1F. The highest BCUT2D eigenvalue weighted by Gasteiger charge is 2.35. The monoisotopic (exact) mass is 321 g/mol. The Balaban J connectivity index is 2.35. The van der Waals surface area contributed by atoms with Crippen molar-refractivity contribution in [2.45, 2.75) is 31.3 Å². The molecule has 0 aliphatic carbocycles. The molecule has 0 radical (unpaired) electrons. The van der Waals surface area contributed by atoms with Gasteiger partial charge < -0.3 is 5.11 Å². The first-order chi connectivity index (χ1) is 9.23. The van der Waals surface area contributed by atoms with Gasteiger partial charge in [-0.3, -0.25) is 0 Å². The summed E-state index contributed by atoms with van der Waals surface area (Å²) in [6, 6.07) is 2.27. The van der Waals surface area contributed by atoms with Crippen LogP contribution in [-0.4, -0.2) is 37.0 Å². The second kappa shape index (κ2) is 5.60. The Labute approximate surface area is 123 Å². The van der Waals surface area contributed by atoms with Gasteiger partial charge in [0.05, 0.1) is 11.1 Å². The third-order valence-electron chi connectivity index (χ3n) is 3.70. The maximum atomic E-state index is 13.4. The van der Waals surface area contributed by atoms with Crippen LogP contribution in [0.1, 0.15) is 18.9 Å². The second-order valence-corrected chi connectivity index (χ2v) is 7.50. The van der Waals surface area contributed by atoms with Gasteiger partial charge in [-0.1, -0.05) is 11.6 Å². The molecule has 7 heteroatoms. The van der Waals surface area contributed by atoms with E-state index in [9.17, 15) is 17.9 Å². The highest BCUT2D eigenvalue weighted by molar-refractivity contribution is 7.89. The van der Waals surface area contributed by atoms with Crippen LogP contribution in [-0.2, 0) is 10.0 Å². The molecule has 1 N–H and O–H groups in total. The number of sulfonamides is 1. The molecule has 20 heavy (non-hydrogen) atoms. The van der Waals surface area contributed by atoms with Crippen LogP contribution in [0.3, 0.4) is 0 Å². The second-order valence-electron chi connectivity index (χ2n) is 5.18. The van der Waals surface area contributed by atoms with Gasteiger partial charge >= 0.3 is 0 Å². The molecule has 1 aromatic rings. The number of nitrogens with zero attached hydrogens (tertiary/aromatic N) is 1. The minimum atomic E-state index is -3.75. The summed E-state index contributed by atoms with van der Waals surface area (Å²) in [6.45, 7) is 3.74. The number of aryl methyl sites for hydroxylation is 1. The summed E-state index contributed by atoms with van der Waals surface area (Å²) in [5.41, 5.74) is 0.235. The number of rotatable bonds is 3. The molecule has 0 amide bonds. The summed E-state index contributed by atoms with van der Waals surface area (Å²) in [4.78, 5) is -0.0793. The number of aliphatic hydroxyl groups excluding tert-OH is 1. The first-order valence-corrected chi connectivity index (χ1v) is 8.19. The molecule has 1 heterocycles. The molecule has 112 valence electrons. The molecule has 2 atom stereocenters. The quantitative estimate of drug-likeness (QED) is 0.928. The maximum Gasteiger partial charge on any atom is 0.244 e. The molecule has 1 aromatic carbocycles. The Morgan fingerprint density at radius 2 is 2.15 bits per heavy atom. The van der Waals surface area contributed by atoms with E-state index in [4.69, 9.17) is 11.6 Å². The third-order valence-corrected chi connectivity index (χ3v) is 6.03. The molecule has 0 aromatic heterocycles. The van der Waals surface area contributed by atoms with Gasteiger partial charge in [0.2, 0.25) is 10.0 Å². The first-order valence-electron chi connectivity index (χ1n) is 6.37. The molecule has 4 nitrogen and oxygen atoms in total. The molecule has 0 saturated carbocycles. The lowest BCUT2D eigenvalue weighted by Gasteiger charge is -2.19. The number of benzene rings is 1. The van der Waals surface area contributed by atoms with Gasteiger partial charge in [-0.2, -0.15) is 4.31 Å². The van der Waals surface area contributed by atoms with E-state index in [-0.39, 0.29) is 27.9 Å². The van der Waals surface area contributed by atoms with E-state index in [2.05, 4.69) is 0 Å². The predicted molar refractivity (Wildman–Crippen MR) is 74.7 cm³/mol. The fourth-order valence-electron chi connectivity index (χ4n) is 2.33. The fraction of sp³-hybridized carbons (Fsp3) is 0.538. The Kier molecular flexibility index (Phi) is 4.39. The molecule has 0 spiro atoms. The van der Waals surface area contributed by atoms with Crippen LogP contribution in [0.25, 0.3) is 0 Å². The normalized spacial score (nSPS) is 22.1. The van der Waals surface area contributed by atoms with E-state index in [1.807, 2.05) is 0 Å². The molecule has 2 rings (SSSR count). The summed E-state index contributed by atoms with van der Waals surface area (Å²) in [5, 5.41) is 9.43. The van der Waals surface area contributed by atoms with E-state index in [1.165, 1.54) is 17.3 Å². The molecular weight excluding hydrogens is 305 g/mol. The highest BCUT2D eigenvalue weighted by Crippen LogP contribution is 2.31. The van der Waals surface area contributed by atoms with Crippen molar-refractivity contribution in [1.82, 2.24) is 4.31 Å². The minimum absolute atomic E-state index is 0.0786. The van der Waals surface area contributed by atoms with Crippen molar-refractivity contribution in [3.63, 3.8) is 0 Å². The first kappa shape index (κ1) is 15.7. The van der Waals surface area contributed by atoms with Gasteiger partial charge in [-0.15, -0.1) is 0 Å². The lowest BCUT2D eigenvalue weighted by atomic mass is 10.0. The summed E-state index contributed by atoms with van der Waals surface area (Å²) in [6.07, 6.45) is 0.0509. The van der Waals surface area contributed by atoms with Crippen LogP contribution in [0.4, 0.5) is 4.39 Å². The van der Waals surface area contributed by atoms with Gasteiger partial charge in [0.15, 0.2) is 0 Å². The van der Waals surface area contributed by atoms with Crippen LogP contribution in [0, 0.1) is 18.7 Å². The maximum absolute atomic E-state index is 13.4. The lowest BCUT2D eigenvalue weighted by molar-refractivity contribution is 0.133. The minimum Gasteiger partial charge on any atom is -0.393 e. The van der Waals surface area contributed by atoms with Crippen molar-refractivity contribution in [2.75, 3.05) is 13.1 Å². The Hall–Kier alpha value is -0.690. The zero-order chi connectivity index (χ0) is 15.1. The van der Waals surface area contributed by atoms with E-state index >= 15 is 0 Å². The van der Waals surface area contributed by atoms with Crippen LogP contribution in [0.15, 0.2) is 17.0 Å². The Morgan fingerprint density at radius 3 is 2.70 bits per heavy atom. The molecule has 2 unspecified atom stereocenters. The van der Waals surface area contributed by atoms with E-state index in [0.29, 0.717) is 13.0 Å². The lowest BCUT2D eigenvalue weighted by Crippen LogP contribution is -2.30. The number of halogens is 2. The molecule has 1 fully saturated rings. The summed E-state index contributed by atoms with van der Waals surface area (Å²) < 4.78 is 39.7. The topological polar surface area (TPSA) is 57.6 Å². The average Bonchev–Trinajstić information content (AvgIpc) is 2.83. The fourth-order valence-corrected chi connectivity index (χ4v) is 4.42. The molecule has 1 aliphatic heterocycles. The summed E-state index contributed by atoms with van der Waals surface area (Å²) >= 11 is 5.87. The van der Waals surface area contributed by atoms with Crippen molar-refractivity contribution in [3.8, 4) is 0 Å². The number of aliphatic hydroxyl groups is 1. The van der Waals surface area contributed by atoms with Crippen molar-refractivity contribution < 1.29 is 17.9 Å². The van der Waals surface area contributed by atoms with Crippen LogP contribution in [0.5, 0.6) is 0 Å². The number of hydrogen-bond acceptors (Lipinski definition) is 3. The van der Waals surface area contributed by atoms with Gasteiger partial charge in [0.1, 0.15) is 10.7 Å². The smallest absolute Gasteiger partial charge is 0.244 e. The molecule has 0 bridgehead atoms. The van der Waals surface area contributed by atoms with Gasteiger partial charge in [0, 0.05) is 13.1 Å². The largest absolute Gasteiger partial charge is 0.393 e. The van der Waals surface area contributed by atoms with Crippen LogP contribution >= 0.6 is 11.6 Å². The van der Waals surface area contributed by atoms with Crippen LogP contribution in [0.2, 0.25) is 5.02 Å². The zero-order valence-electron chi connectivity index (χ0n) is 11.3. The van der Waals surface area contributed by atoms with Gasteiger partial charge in [0.25, 0.3) is 0 Å². The van der Waals surface area contributed by atoms with Crippen molar-refractivity contribution in [2.24, 2.45) is 5.92 Å². The van der Waals surface area contributed by atoms with Gasteiger partial charge in [-0.05, 0) is 43.9 Å². The van der Waals surface area contributed by atoms with E-state index in [0.717, 1.165) is 6.07 Å². The molecular formula is C13H17ClFNO3S. The average molecular weight is 322 g/mol. The zero-order valence-corrected chi connectivity index (χ0v) is 12.9. The van der Waals surface area contributed by atoms with Gasteiger partial charge in [-0.25, -0.2) is 12.8 Å². The Bertz CT molecular complexity index is 618. The van der Waals surface area contributed by atoms with E-state index < -0.39 is 21.9 Å². The van der Waals surface area contributed by atoms with E-state index in [1.54, 1.807) is 6.92 Å². The van der Waals surface area contributed by atoms with Crippen molar-refractivity contribution in [3.05, 3.63) is 28.5 Å². The van der Waals surface area contributed by atoms with Crippen molar-refractivity contribution in [1.29, 1.82) is 0 Å². The summed E-state index contributed by atoms with van der Waals surface area (Å²) in [5.74, 6) is -0.609. The Morgan fingerprint density at radius 1 is 1.50 bits per heavy atom. The molecule has 1 saturated heterocycles. The van der Waals surface area contributed by atoms with Crippen LogP contribution < -0.4 is 0 Å². The predicted octanol–water partition coefficient (Wildman–Crippen LogP) is 2.18. The highest BCUT2D eigenvalue weighted by atomic mass is 35.5. The molecule has 1 aliphatic rings. The summed E-state index contributed by atoms with van der Waals surface area (Å²) in [7, 11) is -3.75. The number of hydrogen-bond donors (Lipinski definition) is 1.